The average molecular weight is 464 g/mol. The van der Waals surface area contributed by atoms with Crippen molar-refractivity contribution in [3.63, 3.8) is 0 Å². The minimum Gasteiger partial charge on any atom is -0.469 e. The molecule has 0 bridgehead atoms. The van der Waals surface area contributed by atoms with Crippen molar-refractivity contribution in [2.45, 2.75) is 75.7 Å². The van der Waals surface area contributed by atoms with E-state index in [1.54, 1.807) is 18.2 Å². The number of aliphatic hydroxyl groups is 1. The van der Waals surface area contributed by atoms with E-state index in [1.807, 2.05) is 6.08 Å². The van der Waals surface area contributed by atoms with Crippen LogP contribution < -0.4 is 5.73 Å². The number of carbonyl (C=O) groups excluding carboxylic acids is 2. The van der Waals surface area contributed by atoms with Crippen LogP contribution in [0.2, 0.25) is 0 Å². The lowest BCUT2D eigenvalue weighted by Gasteiger charge is -2.20. The first-order valence-electron chi connectivity index (χ1n) is 10.9. The highest BCUT2D eigenvalue weighted by atomic mass is 32.2. The van der Waals surface area contributed by atoms with E-state index in [4.69, 9.17) is 5.73 Å². The van der Waals surface area contributed by atoms with Gasteiger partial charge in [0.2, 0.25) is 0 Å². The number of thioether (sulfide) groups is 1. The second-order valence-electron chi connectivity index (χ2n) is 7.02. The van der Waals surface area contributed by atoms with Crippen LogP contribution in [0, 0.1) is 23.7 Å². The average Bonchev–Trinajstić information content (AvgIpc) is 2.80. The fourth-order valence-corrected chi connectivity index (χ4v) is 3.62. The molecular formula is C25H37NO5S. The fraction of sp³-hybridized carbons (Fsp3) is 0.600. The number of aliphatic hydroxyl groups excluding tert-OH is 1. The van der Waals surface area contributed by atoms with Crippen molar-refractivity contribution < 1.29 is 24.2 Å². The van der Waals surface area contributed by atoms with Crippen molar-refractivity contribution in [3.8, 4) is 23.7 Å². The van der Waals surface area contributed by atoms with E-state index in [-0.39, 0.29) is 17.6 Å². The van der Waals surface area contributed by atoms with Gasteiger partial charge in [-0.1, -0.05) is 55.8 Å². The van der Waals surface area contributed by atoms with Crippen LogP contribution in [-0.4, -0.2) is 54.4 Å². The maximum absolute atomic E-state index is 11.5. The van der Waals surface area contributed by atoms with E-state index in [1.165, 1.54) is 38.8 Å². The Morgan fingerprint density at radius 1 is 1.09 bits per heavy atom. The molecule has 0 fully saturated rings. The van der Waals surface area contributed by atoms with E-state index in [2.05, 4.69) is 40.1 Å². The Labute approximate surface area is 197 Å². The predicted molar refractivity (Wildman–Crippen MR) is 131 cm³/mol. The molecule has 3 N–H and O–H groups in total. The topological polar surface area (TPSA) is 98.9 Å². The Balaban J connectivity index is 4.69. The smallest absolute Gasteiger partial charge is 0.323 e. The molecule has 0 saturated heterocycles. The molecule has 3 atom stereocenters. The van der Waals surface area contributed by atoms with Gasteiger partial charge in [-0.15, -0.1) is 17.7 Å². The summed E-state index contributed by atoms with van der Waals surface area (Å²) < 4.78 is 9.26. The highest BCUT2D eigenvalue weighted by Gasteiger charge is 2.21. The number of nitrogens with two attached hydrogens (primary N) is 1. The molecule has 7 heteroatoms. The summed E-state index contributed by atoms with van der Waals surface area (Å²) in [6.07, 6.45) is 12.6. The number of methoxy groups -OCH3 is 2. The normalized spacial score (nSPS) is 13.5. The summed E-state index contributed by atoms with van der Waals surface area (Å²) in [6.45, 7) is 2.17. The zero-order chi connectivity index (χ0) is 24.0. The second kappa shape index (κ2) is 20.7. The van der Waals surface area contributed by atoms with Crippen molar-refractivity contribution in [2.75, 3.05) is 20.0 Å². The predicted octanol–water partition coefficient (Wildman–Crippen LogP) is 3.38. The van der Waals surface area contributed by atoms with Crippen LogP contribution in [0.3, 0.4) is 0 Å². The maximum Gasteiger partial charge on any atom is 0.323 e. The third-order valence-electron chi connectivity index (χ3n) is 4.36. The van der Waals surface area contributed by atoms with Crippen LogP contribution >= 0.6 is 11.8 Å². The molecule has 178 valence electrons. The second-order valence-corrected chi connectivity index (χ2v) is 8.23. The van der Waals surface area contributed by atoms with Crippen LogP contribution in [0.4, 0.5) is 0 Å². The van der Waals surface area contributed by atoms with Crippen LogP contribution in [0.15, 0.2) is 24.3 Å². The molecule has 0 radical (unpaired) electrons. The Hall–Kier alpha value is -2.19. The van der Waals surface area contributed by atoms with Gasteiger partial charge in [-0.05, 0) is 25.3 Å². The number of hydrogen-bond acceptors (Lipinski definition) is 7. The molecule has 6 nitrogen and oxygen atoms in total. The largest absolute Gasteiger partial charge is 0.469 e. The van der Waals surface area contributed by atoms with E-state index in [0.717, 1.165) is 12.8 Å². The molecule has 0 aliphatic heterocycles. The van der Waals surface area contributed by atoms with Gasteiger partial charge in [0.05, 0.1) is 26.7 Å². The van der Waals surface area contributed by atoms with Gasteiger partial charge in [0.15, 0.2) is 0 Å². The summed E-state index contributed by atoms with van der Waals surface area (Å²) >= 11 is 1.36. The third kappa shape index (κ3) is 16.5. The number of ether oxygens (including phenoxy) is 2. The molecule has 0 rings (SSSR count). The molecule has 0 amide bonds. The highest BCUT2D eigenvalue weighted by Crippen LogP contribution is 2.21. The van der Waals surface area contributed by atoms with Crippen LogP contribution in [0.5, 0.6) is 0 Å². The number of carbonyl (C=O) groups is 2. The number of esters is 2. The zero-order valence-electron chi connectivity index (χ0n) is 19.5. The van der Waals surface area contributed by atoms with Gasteiger partial charge >= 0.3 is 11.9 Å². The lowest BCUT2D eigenvalue weighted by Crippen LogP contribution is -2.35. The number of rotatable bonds is 14. The third-order valence-corrected chi connectivity index (χ3v) is 5.77. The van der Waals surface area contributed by atoms with Gasteiger partial charge in [-0.2, -0.15) is 0 Å². The van der Waals surface area contributed by atoms with Crippen LogP contribution in [0.25, 0.3) is 0 Å². The molecular weight excluding hydrogens is 426 g/mol. The summed E-state index contributed by atoms with van der Waals surface area (Å²) in [5.41, 5.74) is 5.80. The first kappa shape index (κ1) is 29.8. The zero-order valence-corrected chi connectivity index (χ0v) is 20.3. The molecule has 32 heavy (non-hydrogen) atoms. The molecule has 0 aliphatic carbocycles. The van der Waals surface area contributed by atoms with Gasteiger partial charge in [0.1, 0.15) is 6.04 Å². The number of unbranched alkanes of at least 4 members (excludes halogenated alkanes) is 3. The van der Waals surface area contributed by atoms with Crippen LogP contribution in [-0.2, 0) is 19.1 Å². The molecule has 0 unspecified atom stereocenters. The molecule has 0 aromatic rings. The van der Waals surface area contributed by atoms with Crippen molar-refractivity contribution >= 4 is 23.7 Å². The minimum absolute atomic E-state index is 0.243. The van der Waals surface area contributed by atoms with E-state index in [0.29, 0.717) is 25.0 Å². The number of allylic oxidation sites excluding steroid dienone is 3. The number of hydrogen-bond donors (Lipinski definition) is 2. The van der Waals surface area contributed by atoms with Gasteiger partial charge < -0.3 is 20.3 Å². The molecule has 0 spiro atoms. The van der Waals surface area contributed by atoms with Crippen molar-refractivity contribution in [2.24, 2.45) is 5.73 Å². The van der Waals surface area contributed by atoms with Gasteiger partial charge in [-0.25, -0.2) is 0 Å². The first-order chi connectivity index (χ1) is 15.5. The molecule has 0 aromatic heterocycles. The standard InChI is InChI=1S/C25H37NO5S/c1-4-5-6-7-8-9-10-11-12-13-14-15-18-23(32-20-21(26)25(29)31-3)22(27)17-16-19-24(28)30-2/h13-15,18,21-23,27H,4-7,10,16-17,19-20,26H2,1-3H3/b14-13+,18-15+/t21-,22-,23+/m0/s1. The Morgan fingerprint density at radius 2 is 1.88 bits per heavy atom. The molecule has 0 aliphatic rings. The van der Waals surface area contributed by atoms with Gasteiger partial charge in [-0.3, -0.25) is 9.59 Å². The molecule has 0 heterocycles. The quantitative estimate of drug-likeness (QED) is 0.176. The summed E-state index contributed by atoms with van der Waals surface area (Å²) in [7, 11) is 2.62. The Bertz CT molecular complexity index is 711. The van der Waals surface area contributed by atoms with Crippen molar-refractivity contribution in [1.29, 1.82) is 0 Å². The Kier molecular flexibility index (Phi) is 19.3. The SMILES string of the molecule is CCCCCC#CCC#C/C=C/C=C/[C@@H](SC[C@H](N)C(=O)OC)[C@@H](O)CCCC(=O)OC. The maximum atomic E-state index is 11.5. The fourth-order valence-electron chi connectivity index (χ4n) is 2.50. The monoisotopic (exact) mass is 463 g/mol. The molecule has 0 saturated carbocycles. The van der Waals surface area contributed by atoms with Gasteiger partial charge in [0.25, 0.3) is 0 Å². The lowest BCUT2D eigenvalue weighted by molar-refractivity contribution is -0.142. The summed E-state index contributed by atoms with van der Waals surface area (Å²) in [5, 5.41) is 10.2. The Morgan fingerprint density at radius 3 is 2.56 bits per heavy atom. The highest BCUT2D eigenvalue weighted by molar-refractivity contribution is 8.00. The molecule has 0 aromatic carbocycles. The first-order valence-corrected chi connectivity index (χ1v) is 12.0. The van der Waals surface area contributed by atoms with Crippen LogP contribution in [0.1, 0.15) is 58.3 Å². The van der Waals surface area contributed by atoms with E-state index >= 15 is 0 Å². The summed E-state index contributed by atoms with van der Waals surface area (Å²) in [4.78, 5) is 22.8. The summed E-state index contributed by atoms with van der Waals surface area (Å²) in [5.74, 6) is 11.6. The van der Waals surface area contributed by atoms with E-state index < -0.39 is 18.1 Å². The van der Waals surface area contributed by atoms with Crippen molar-refractivity contribution in [3.05, 3.63) is 24.3 Å². The minimum atomic E-state index is -0.771. The lowest BCUT2D eigenvalue weighted by atomic mass is 10.1. The van der Waals surface area contributed by atoms with Crippen molar-refractivity contribution in [1.82, 2.24) is 0 Å². The summed E-state index contributed by atoms with van der Waals surface area (Å²) in [6, 6.07) is -0.771. The van der Waals surface area contributed by atoms with E-state index in [9.17, 15) is 14.7 Å². The van der Waals surface area contributed by atoms with Gasteiger partial charge in [0, 0.05) is 23.8 Å².